The molecule has 3 aromatic rings. The number of carbonyl (C=O) groups is 2. The van der Waals surface area contributed by atoms with Gasteiger partial charge >= 0.3 is 6.03 Å². The van der Waals surface area contributed by atoms with Crippen molar-refractivity contribution < 1.29 is 14.0 Å². The highest BCUT2D eigenvalue weighted by molar-refractivity contribution is 8.01. The molecule has 7 heteroatoms. The van der Waals surface area contributed by atoms with Crippen molar-refractivity contribution in [2.45, 2.75) is 31.2 Å². The fourth-order valence-electron chi connectivity index (χ4n) is 4.66. The molecule has 174 valence electrons. The van der Waals surface area contributed by atoms with E-state index >= 15 is 0 Å². The lowest BCUT2D eigenvalue weighted by atomic mass is 10.0. The smallest absolute Gasteiger partial charge is 0.308 e. The fourth-order valence-corrected chi connectivity index (χ4v) is 6.13. The molecule has 34 heavy (non-hydrogen) atoms. The molecule has 3 amide bonds. The highest BCUT2D eigenvalue weighted by atomic mass is 32.2. The first-order chi connectivity index (χ1) is 16.4. The van der Waals surface area contributed by atoms with Gasteiger partial charge in [-0.3, -0.25) is 9.69 Å². The van der Waals surface area contributed by atoms with E-state index in [-0.39, 0.29) is 24.3 Å². The van der Waals surface area contributed by atoms with E-state index < -0.39 is 4.87 Å². The van der Waals surface area contributed by atoms with E-state index in [1.807, 2.05) is 48.5 Å². The third-order valence-corrected chi connectivity index (χ3v) is 7.88. The Labute approximate surface area is 202 Å². The van der Waals surface area contributed by atoms with Gasteiger partial charge in [-0.05, 0) is 35.7 Å². The normalized spacial score (nSPS) is 19.2. The van der Waals surface area contributed by atoms with Crippen molar-refractivity contribution in [1.29, 1.82) is 0 Å². The monoisotopic (exact) mass is 475 g/mol. The number of carbonyl (C=O) groups excluding carboxylic acids is 2. The van der Waals surface area contributed by atoms with Crippen molar-refractivity contribution >= 4 is 35.1 Å². The molecule has 1 atom stereocenters. The van der Waals surface area contributed by atoms with Gasteiger partial charge in [0, 0.05) is 29.1 Å². The average Bonchev–Trinajstić information content (AvgIpc) is 3.38. The minimum atomic E-state index is -1.16. The van der Waals surface area contributed by atoms with Crippen LogP contribution in [-0.2, 0) is 16.2 Å². The Balaban J connectivity index is 1.47. The minimum Gasteiger partial charge on any atom is -0.308 e. The molecule has 0 radical (unpaired) electrons. The quantitative estimate of drug-likeness (QED) is 0.509. The number of thioether (sulfide) groups is 1. The summed E-state index contributed by atoms with van der Waals surface area (Å²) in [5, 5.41) is 2.97. The molecule has 0 bridgehead atoms. The van der Waals surface area contributed by atoms with Crippen LogP contribution in [0.3, 0.4) is 0 Å². The summed E-state index contributed by atoms with van der Waals surface area (Å²) < 4.78 is 14.4. The van der Waals surface area contributed by atoms with Crippen LogP contribution in [0.25, 0.3) is 0 Å². The SMILES string of the molecule is CC(C)c1ccc(NC(=O)N2CCS[C@]23C(=O)N(Cc2ccccc2F)c2ccccc23)cc1. The fraction of sp³-hybridized carbons (Fsp3) is 0.259. The standard InChI is InChI=1S/C27H26FN3O2S/c1-18(2)19-11-13-21(14-12-19)29-26(33)31-15-16-34-27(31)22-8-4-6-10-24(22)30(25(27)32)17-20-7-3-5-9-23(20)28/h3-14,18H,15-17H2,1-2H3,(H,29,33)/t27-/m1/s1. The number of benzene rings is 3. The maximum Gasteiger partial charge on any atom is 0.323 e. The molecule has 1 saturated heterocycles. The second-order valence-electron chi connectivity index (χ2n) is 8.85. The van der Waals surface area contributed by atoms with Crippen molar-refractivity contribution in [2.75, 3.05) is 22.5 Å². The second kappa shape index (κ2) is 8.80. The molecule has 1 N–H and O–H groups in total. The summed E-state index contributed by atoms with van der Waals surface area (Å²) in [5.74, 6) is 0.459. The number of hydrogen-bond donors (Lipinski definition) is 1. The molecule has 1 fully saturated rings. The molecule has 2 aliphatic rings. The predicted molar refractivity (Wildman–Crippen MR) is 134 cm³/mol. The van der Waals surface area contributed by atoms with Crippen LogP contribution < -0.4 is 10.2 Å². The number of nitrogens with zero attached hydrogens (tertiary/aromatic N) is 2. The van der Waals surface area contributed by atoms with Crippen molar-refractivity contribution in [3.8, 4) is 0 Å². The van der Waals surface area contributed by atoms with E-state index in [9.17, 15) is 14.0 Å². The number of hydrogen-bond acceptors (Lipinski definition) is 3. The van der Waals surface area contributed by atoms with Gasteiger partial charge in [0.15, 0.2) is 4.87 Å². The molecule has 1 spiro atoms. The van der Waals surface area contributed by atoms with Crippen LogP contribution in [0.15, 0.2) is 72.8 Å². The van der Waals surface area contributed by atoms with Crippen LogP contribution in [-0.4, -0.2) is 29.1 Å². The lowest BCUT2D eigenvalue weighted by Crippen LogP contribution is -2.51. The Morgan fingerprint density at radius 2 is 1.76 bits per heavy atom. The topological polar surface area (TPSA) is 52.7 Å². The number of nitrogens with one attached hydrogen (secondary N) is 1. The maximum absolute atomic E-state index is 14.4. The summed E-state index contributed by atoms with van der Waals surface area (Å²) in [7, 11) is 0. The Hall–Kier alpha value is -3.32. The van der Waals surface area contributed by atoms with Crippen LogP contribution >= 0.6 is 11.8 Å². The van der Waals surface area contributed by atoms with Gasteiger partial charge < -0.3 is 10.2 Å². The highest BCUT2D eigenvalue weighted by Crippen LogP contribution is 2.54. The lowest BCUT2D eigenvalue weighted by Gasteiger charge is -2.33. The van der Waals surface area contributed by atoms with Gasteiger partial charge in [0.25, 0.3) is 5.91 Å². The van der Waals surface area contributed by atoms with Gasteiger partial charge in [0.2, 0.25) is 0 Å². The van der Waals surface area contributed by atoms with Gasteiger partial charge in [-0.2, -0.15) is 0 Å². The Morgan fingerprint density at radius 1 is 1.06 bits per heavy atom. The molecular weight excluding hydrogens is 449 g/mol. The molecule has 2 aliphatic heterocycles. The van der Waals surface area contributed by atoms with Crippen molar-refractivity contribution in [3.05, 3.63) is 95.3 Å². The summed E-state index contributed by atoms with van der Waals surface area (Å²) in [5.41, 5.74) is 3.79. The molecule has 0 aliphatic carbocycles. The van der Waals surface area contributed by atoms with E-state index in [0.717, 1.165) is 5.56 Å². The number of fused-ring (bicyclic) bond motifs is 2. The summed E-state index contributed by atoms with van der Waals surface area (Å²) in [6.45, 7) is 4.79. The summed E-state index contributed by atoms with van der Waals surface area (Å²) in [6.07, 6.45) is 0. The van der Waals surface area contributed by atoms with E-state index in [4.69, 9.17) is 0 Å². The largest absolute Gasteiger partial charge is 0.323 e. The summed E-state index contributed by atoms with van der Waals surface area (Å²) in [4.78, 5) is 29.4. The third-order valence-electron chi connectivity index (χ3n) is 6.46. The van der Waals surface area contributed by atoms with Crippen LogP contribution in [0.2, 0.25) is 0 Å². The lowest BCUT2D eigenvalue weighted by molar-refractivity contribution is -0.123. The first-order valence-electron chi connectivity index (χ1n) is 11.4. The van der Waals surface area contributed by atoms with Gasteiger partial charge in [-0.25, -0.2) is 9.18 Å². The van der Waals surface area contributed by atoms with Gasteiger partial charge in [-0.1, -0.05) is 62.4 Å². The van der Waals surface area contributed by atoms with Crippen molar-refractivity contribution in [2.24, 2.45) is 0 Å². The van der Waals surface area contributed by atoms with Gasteiger partial charge in [0.05, 0.1) is 12.2 Å². The Bertz CT molecular complexity index is 1250. The third kappa shape index (κ3) is 3.64. The number of urea groups is 1. The first kappa shape index (κ1) is 22.5. The summed E-state index contributed by atoms with van der Waals surface area (Å²) >= 11 is 1.46. The molecule has 3 aromatic carbocycles. The number of anilines is 2. The number of rotatable bonds is 4. The van der Waals surface area contributed by atoms with Crippen molar-refractivity contribution in [3.63, 3.8) is 0 Å². The van der Waals surface area contributed by atoms with Crippen molar-refractivity contribution in [1.82, 2.24) is 4.90 Å². The number of para-hydroxylation sites is 1. The van der Waals surface area contributed by atoms with Crippen LogP contribution in [0.5, 0.6) is 0 Å². The Kier molecular flexibility index (Phi) is 5.81. The maximum atomic E-state index is 14.4. The zero-order valence-corrected chi connectivity index (χ0v) is 19.9. The van der Waals surface area contributed by atoms with Gasteiger partial charge in [-0.15, -0.1) is 11.8 Å². The molecular formula is C27H26FN3O2S. The second-order valence-corrected chi connectivity index (χ2v) is 10.1. The van der Waals surface area contributed by atoms with Crippen LogP contribution in [0, 0.1) is 5.82 Å². The van der Waals surface area contributed by atoms with E-state index in [1.54, 1.807) is 28.0 Å². The molecule has 0 unspecified atom stereocenters. The Morgan fingerprint density at radius 3 is 2.50 bits per heavy atom. The number of amides is 3. The first-order valence-corrected chi connectivity index (χ1v) is 12.4. The summed E-state index contributed by atoms with van der Waals surface area (Å²) in [6, 6.07) is 21.4. The predicted octanol–water partition coefficient (Wildman–Crippen LogP) is 5.93. The number of halogens is 1. The molecule has 5 rings (SSSR count). The molecule has 0 saturated carbocycles. The molecule has 2 heterocycles. The van der Waals surface area contributed by atoms with E-state index in [0.29, 0.717) is 35.2 Å². The van der Waals surface area contributed by atoms with E-state index in [1.165, 1.54) is 23.4 Å². The zero-order valence-electron chi connectivity index (χ0n) is 19.1. The molecule has 0 aromatic heterocycles. The van der Waals surface area contributed by atoms with Gasteiger partial charge in [0.1, 0.15) is 5.82 Å². The van der Waals surface area contributed by atoms with E-state index in [2.05, 4.69) is 19.2 Å². The average molecular weight is 476 g/mol. The van der Waals surface area contributed by atoms with Crippen LogP contribution in [0.1, 0.15) is 36.5 Å². The zero-order chi connectivity index (χ0) is 23.9. The van der Waals surface area contributed by atoms with Crippen LogP contribution in [0.4, 0.5) is 20.6 Å². The minimum absolute atomic E-state index is 0.108. The highest BCUT2D eigenvalue weighted by Gasteiger charge is 2.59. The molecule has 5 nitrogen and oxygen atoms in total.